The molecule has 0 saturated heterocycles. The van der Waals surface area contributed by atoms with E-state index in [0.29, 0.717) is 6.61 Å². The van der Waals surface area contributed by atoms with Gasteiger partial charge in [0.2, 0.25) is 0 Å². The van der Waals surface area contributed by atoms with Gasteiger partial charge < -0.3 is 9.47 Å². The number of aryl methyl sites for hydroxylation is 2. The molecule has 0 fully saturated rings. The molecule has 0 atom stereocenters. The van der Waals surface area contributed by atoms with E-state index in [1.54, 1.807) is 0 Å². The highest BCUT2D eigenvalue weighted by Crippen LogP contribution is 2.45. The number of alkyl halides is 2. The Balaban J connectivity index is 1.66. The zero-order valence-electron chi connectivity index (χ0n) is 15.4. The minimum Gasteiger partial charge on any atom is -0.494 e. The Morgan fingerprint density at radius 3 is 1.74 bits per heavy atom. The minimum absolute atomic E-state index is 0.697. The van der Waals surface area contributed by atoms with Crippen LogP contribution in [0.1, 0.15) is 41.5 Å². The van der Waals surface area contributed by atoms with Crippen molar-refractivity contribution < 1.29 is 9.47 Å². The van der Waals surface area contributed by atoms with Crippen LogP contribution in [0.25, 0.3) is 11.1 Å². The topological polar surface area (TPSA) is 18.5 Å². The number of fused-ring (bicyclic) bond motifs is 2. The SMILES string of the molecule is BrCCCOc1ccc2c(c1)/C(=C1/CCc3ccc(OCCBr)cc31)CC2. The van der Waals surface area contributed by atoms with Crippen LogP contribution in [0.3, 0.4) is 0 Å². The molecule has 2 aliphatic carbocycles. The quantitative estimate of drug-likeness (QED) is 0.328. The van der Waals surface area contributed by atoms with Crippen molar-refractivity contribution in [3.8, 4) is 11.5 Å². The normalized spacial score (nSPS) is 17.7. The van der Waals surface area contributed by atoms with Gasteiger partial charge in [0, 0.05) is 10.7 Å². The summed E-state index contributed by atoms with van der Waals surface area (Å²) < 4.78 is 11.8. The summed E-state index contributed by atoms with van der Waals surface area (Å²) in [4.78, 5) is 0. The first kappa shape index (κ1) is 19.1. The van der Waals surface area contributed by atoms with Crippen molar-refractivity contribution in [2.24, 2.45) is 0 Å². The Morgan fingerprint density at radius 2 is 1.22 bits per heavy atom. The molecular formula is C23H24Br2O2. The second-order valence-corrected chi connectivity index (χ2v) is 8.61. The summed E-state index contributed by atoms with van der Waals surface area (Å²) in [6.45, 7) is 1.45. The molecule has 0 saturated carbocycles. The van der Waals surface area contributed by atoms with E-state index in [4.69, 9.17) is 9.47 Å². The maximum atomic E-state index is 5.94. The van der Waals surface area contributed by atoms with Crippen LogP contribution < -0.4 is 9.47 Å². The van der Waals surface area contributed by atoms with E-state index in [9.17, 15) is 0 Å². The Hall–Kier alpha value is -1.26. The molecule has 0 spiro atoms. The zero-order valence-corrected chi connectivity index (χ0v) is 18.6. The van der Waals surface area contributed by atoms with Gasteiger partial charge >= 0.3 is 0 Å². The van der Waals surface area contributed by atoms with Gasteiger partial charge in [-0.2, -0.15) is 0 Å². The van der Waals surface area contributed by atoms with Gasteiger partial charge in [0.15, 0.2) is 0 Å². The molecule has 0 N–H and O–H groups in total. The summed E-state index contributed by atoms with van der Waals surface area (Å²) in [6, 6.07) is 13.2. The molecule has 2 aliphatic rings. The largest absolute Gasteiger partial charge is 0.494 e. The van der Waals surface area contributed by atoms with Crippen LogP contribution in [-0.4, -0.2) is 23.9 Å². The first-order valence-corrected chi connectivity index (χ1v) is 11.9. The van der Waals surface area contributed by atoms with Crippen molar-refractivity contribution in [2.75, 3.05) is 23.9 Å². The number of rotatable bonds is 7. The first-order chi connectivity index (χ1) is 13.3. The number of halogens is 2. The van der Waals surface area contributed by atoms with Crippen molar-refractivity contribution in [1.82, 2.24) is 0 Å². The summed E-state index contributed by atoms with van der Waals surface area (Å²) in [6.07, 6.45) is 5.53. The number of hydrogen-bond donors (Lipinski definition) is 0. The highest BCUT2D eigenvalue weighted by Gasteiger charge is 2.25. The van der Waals surface area contributed by atoms with Gasteiger partial charge in [-0.15, -0.1) is 0 Å². The van der Waals surface area contributed by atoms with Gasteiger partial charge in [0.1, 0.15) is 11.5 Å². The average molecular weight is 492 g/mol. The highest BCUT2D eigenvalue weighted by molar-refractivity contribution is 9.09. The van der Waals surface area contributed by atoms with E-state index < -0.39 is 0 Å². The molecule has 0 aliphatic heterocycles. The average Bonchev–Trinajstić information content (AvgIpc) is 3.29. The van der Waals surface area contributed by atoms with Crippen LogP contribution in [0, 0.1) is 0 Å². The van der Waals surface area contributed by atoms with E-state index in [1.165, 1.54) is 33.4 Å². The van der Waals surface area contributed by atoms with E-state index in [2.05, 4.69) is 68.3 Å². The molecule has 4 rings (SSSR count). The number of hydrogen-bond acceptors (Lipinski definition) is 2. The molecule has 0 radical (unpaired) electrons. The third-order valence-corrected chi connectivity index (χ3v) is 6.24. The fourth-order valence-electron chi connectivity index (χ4n) is 4.11. The lowest BCUT2D eigenvalue weighted by atomic mass is 9.97. The van der Waals surface area contributed by atoms with E-state index in [1.807, 2.05) is 0 Å². The lowest BCUT2D eigenvalue weighted by Gasteiger charge is -2.12. The number of allylic oxidation sites excluding steroid dienone is 2. The van der Waals surface area contributed by atoms with Crippen LogP contribution in [0.5, 0.6) is 11.5 Å². The van der Waals surface area contributed by atoms with Crippen LogP contribution in [0.2, 0.25) is 0 Å². The number of ether oxygens (including phenoxy) is 2. The van der Waals surface area contributed by atoms with E-state index in [-0.39, 0.29) is 0 Å². The second-order valence-electron chi connectivity index (χ2n) is 7.02. The van der Waals surface area contributed by atoms with Crippen molar-refractivity contribution in [2.45, 2.75) is 32.1 Å². The van der Waals surface area contributed by atoms with Gasteiger partial charge in [-0.25, -0.2) is 0 Å². The van der Waals surface area contributed by atoms with E-state index >= 15 is 0 Å². The zero-order chi connectivity index (χ0) is 18.6. The van der Waals surface area contributed by atoms with Crippen molar-refractivity contribution >= 4 is 43.0 Å². The molecule has 142 valence electrons. The Bertz CT molecular complexity index is 857. The van der Waals surface area contributed by atoms with E-state index in [0.717, 1.165) is 60.9 Å². The molecular weight excluding hydrogens is 468 g/mol. The minimum atomic E-state index is 0.697. The third kappa shape index (κ3) is 4.12. The molecule has 0 bridgehead atoms. The molecule has 0 heterocycles. The van der Waals surface area contributed by atoms with Crippen LogP contribution in [0.15, 0.2) is 36.4 Å². The molecule has 2 aromatic rings. The molecule has 0 aromatic heterocycles. The lowest BCUT2D eigenvalue weighted by molar-refractivity contribution is 0.319. The monoisotopic (exact) mass is 490 g/mol. The van der Waals surface area contributed by atoms with Gasteiger partial charge in [-0.1, -0.05) is 44.0 Å². The Kier molecular flexibility index (Phi) is 6.24. The highest BCUT2D eigenvalue weighted by atomic mass is 79.9. The third-order valence-electron chi connectivity index (χ3n) is 5.36. The van der Waals surface area contributed by atoms with Gasteiger partial charge in [0.25, 0.3) is 0 Å². The van der Waals surface area contributed by atoms with Crippen molar-refractivity contribution in [1.29, 1.82) is 0 Å². The molecule has 2 nitrogen and oxygen atoms in total. The fourth-order valence-corrected chi connectivity index (χ4v) is 4.50. The molecule has 0 unspecified atom stereocenters. The summed E-state index contributed by atoms with van der Waals surface area (Å²) in [5.74, 6) is 1.96. The summed E-state index contributed by atoms with van der Waals surface area (Å²) in [5, 5.41) is 1.83. The predicted octanol–water partition coefficient (Wildman–Crippen LogP) is 6.43. The summed E-state index contributed by atoms with van der Waals surface area (Å²) >= 11 is 6.90. The molecule has 4 heteroatoms. The molecule has 0 amide bonds. The smallest absolute Gasteiger partial charge is 0.119 e. The maximum absolute atomic E-state index is 5.94. The van der Waals surface area contributed by atoms with Crippen LogP contribution in [-0.2, 0) is 12.8 Å². The summed E-state index contributed by atoms with van der Waals surface area (Å²) in [5.41, 5.74) is 8.68. The Labute approximate surface area is 178 Å². The first-order valence-electron chi connectivity index (χ1n) is 9.66. The van der Waals surface area contributed by atoms with Crippen LogP contribution in [0.4, 0.5) is 0 Å². The van der Waals surface area contributed by atoms with Gasteiger partial charge in [-0.05, 0) is 89.8 Å². The Morgan fingerprint density at radius 1 is 0.667 bits per heavy atom. The maximum Gasteiger partial charge on any atom is 0.119 e. The van der Waals surface area contributed by atoms with Crippen LogP contribution >= 0.6 is 31.9 Å². The number of benzene rings is 2. The summed E-state index contributed by atoms with van der Waals surface area (Å²) in [7, 11) is 0. The second kappa shape index (κ2) is 8.83. The lowest BCUT2D eigenvalue weighted by Crippen LogP contribution is -1.99. The van der Waals surface area contributed by atoms with Crippen molar-refractivity contribution in [3.63, 3.8) is 0 Å². The van der Waals surface area contributed by atoms with Crippen molar-refractivity contribution in [3.05, 3.63) is 58.7 Å². The molecule has 2 aromatic carbocycles. The standard InChI is InChI=1S/C23H24Br2O2/c24-10-1-12-26-18-6-2-16-4-8-20(22(16)14-18)21-9-5-17-3-7-19(15-23(17)21)27-13-11-25/h2-3,6-7,14-15H,1,4-5,8-13H2/b21-20-. The fraction of sp³-hybridized carbons (Fsp3) is 0.391. The predicted molar refractivity (Wildman–Crippen MR) is 120 cm³/mol. The molecule has 27 heavy (non-hydrogen) atoms. The van der Waals surface area contributed by atoms with Gasteiger partial charge in [0.05, 0.1) is 13.2 Å². The van der Waals surface area contributed by atoms with Gasteiger partial charge in [-0.3, -0.25) is 0 Å².